The van der Waals surface area contributed by atoms with Gasteiger partial charge in [-0.1, -0.05) is 63.1 Å². The van der Waals surface area contributed by atoms with Gasteiger partial charge >= 0.3 is 0 Å². The summed E-state index contributed by atoms with van der Waals surface area (Å²) < 4.78 is 0. The third-order valence-corrected chi connectivity index (χ3v) is 7.58. The standard InChI is InChI=1S/C27H42N4O/c1-5-11-20(12-6-2)17-31-16-19(4)23(18-31)26(28)30-27(32)25-22(13-7-3)24(29-25)21-14-9-8-10-15-21/h5-7,11-12,19,21-25,29H,1,3,8-10,13-18H2,2,4H3,(H2,28,30,32)/b12-6-,20-11+. The normalized spacial score (nSPS) is 31.9. The summed E-state index contributed by atoms with van der Waals surface area (Å²) in [5.41, 5.74) is 1.21. The summed E-state index contributed by atoms with van der Waals surface area (Å²) in [6.45, 7) is 14.5. The summed E-state index contributed by atoms with van der Waals surface area (Å²) in [7, 11) is 0. The minimum atomic E-state index is -0.204. The molecule has 5 unspecified atom stereocenters. The van der Waals surface area contributed by atoms with Crippen LogP contribution in [-0.4, -0.2) is 48.4 Å². The highest BCUT2D eigenvalue weighted by Crippen LogP contribution is 2.37. The van der Waals surface area contributed by atoms with Crippen molar-refractivity contribution in [1.29, 1.82) is 5.41 Å². The van der Waals surface area contributed by atoms with Gasteiger partial charge in [-0.2, -0.15) is 0 Å². The molecule has 2 heterocycles. The summed E-state index contributed by atoms with van der Waals surface area (Å²) in [6.07, 6.45) is 17.3. The number of likely N-dealkylation sites (tertiary alicyclic amines) is 1. The molecule has 3 rings (SSSR count). The third kappa shape index (κ3) is 5.87. The van der Waals surface area contributed by atoms with E-state index in [4.69, 9.17) is 5.41 Å². The molecule has 0 aromatic rings. The molecule has 3 N–H and O–H groups in total. The Morgan fingerprint density at radius 3 is 2.62 bits per heavy atom. The van der Waals surface area contributed by atoms with E-state index in [-0.39, 0.29) is 17.9 Å². The number of nitrogens with one attached hydrogen (secondary N) is 3. The van der Waals surface area contributed by atoms with Gasteiger partial charge in [0, 0.05) is 37.5 Å². The minimum absolute atomic E-state index is 0.0410. The van der Waals surface area contributed by atoms with Crippen molar-refractivity contribution in [3.63, 3.8) is 0 Å². The van der Waals surface area contributed by atoms with E-state index in [1.165, 1.54) is 37.7 Å². The molecule has 3 aliphatic rings. The van der Waals surface area contributed by atoms with Crippen molar-refractivity contribution in [2.45, 2.75) is 64.5 Å². The van der Waals surface area contributed by atoms with Crippen molar-refractivity contribution < 1.29 is 4.79 Å². The lowest BCUT2D eigenvalue weighted by Crippen LogP contribution is -2.69. The monoisotopic (exact) mass is 438 g/mol. The summed E-state index contributed by atoms with van der Waals surface area (Å²) in [5, 5.41) is 15.2. The number of carbonyl (C=O) groups is 1. The fraction of sp³-hybridized carbons (Fsp3) is 0.630. The molecule has 1 aliphatic carbocycles. The van der Waals surface area contributed by atoms with Crippen LogP contribution in [0.4, 0.5) is 0 Å². The van der Waals surface area contributed by atoms with Crippen LogP contribution < -0.4 is 10.6 Å². The molecular formula is C27H42N4O. The second-order valence-electron chi connectivity index (χ2n) is 9.91. The van der Waals surface area contributed by atoms with Crippen LogP contribution in [-0.2, 0) is 4.79 Å². The summed E-state index contributed by atoms with van der Waals surface area (Å²) in [6, 6.07) is 0.214. The first kappa shape index (κ1) is 24.7. The molecule has 176 valence electrons. The van der Waals surface area contributed by atoms with Gasteiger partial charge in [0.05, 0.1) is 6.04 Å². The van der Waals surface area contributed by atoms with E-state index < -0.39 is 0 Å². The van der Waals surface area contributed by atoms with Crippen LogP contribution in [0, 0.1) is 29.1 Å². The molecular weight excluding hydrogens is 396 g/mol. The van der Waals surface area contributed by atoms with Gasteiger partial charge in [0.2, 0.25) is 5.91 Å². The van der Waals surface area contributed by atoms with Crippen LogP contribution in [0.5, 0.6) is 0 Å². The molecule has 32 heavy (non-hydrogen) atoms. The molecule has 0 aromatic heterocycles. The summed E-state index contributed by atoms with van der Waals surface area (Å²) in [5.74, 6) is 1.70. The van der Waals surface area contributed by atoms with Gasteiger partial charge in [0.15, 0.2) is 0 Å². The van der Waals surface area contributed by atoms with Crippen molar-refractivity contribution in [3.8, 4) is 0 Å². The number of rotatable bonds is 9. The van der Waals surface area contributed by atoms with Crippen molar-refractivity contribution in [1.82, 2.24) is 15.5 Å². The number of amides is 1. The molecule has 0 bridgehead atoms. The lowest BCUT2D eigenvalue weighted by molar-refractivity contribution is -0.128. The second-order valence-corrected chi connectivity index (χ2v) is 9.91. The largest absolute Gasteiger partial charge is 0.313 e. The molecule has 2 aliphatic heterocycles. The molecule has 5 nitrogen and oxygen atoms in total. The van der Waals surface area contributed by atoms with E-state index >= 15 is 0 Å². The molecule has 1 saturated carbocycles. The molecule has 0 spiro atoms. The zero-order valence-electron chi connectivity index (χ0n) is 20.0. The van der Waals surface area contributed by atoms with Gasteiger partial charge in [-0.15, -0.1) is 6.58 Å². The predicted molar refractivity (Wildman–Crippen MR) is 134 cm³/mol. The molecule has 1 amide bonds. The topological polar surface area (TPSA) is 68.2 Å². The highest BCUT2D eigenvalue weighted by atomic mass is 16.2. The van der Waals surface area contributed by atoms with Crippen molar-refractivity contribution in [3.05, 3.63) is 49.1 Å². The average molecular weight is 439 g/mol. The summed E-state index contributed by atoms with van der Waals surface area (Å²) in [4.78, 5) is 15.4. The van der Waals surface area contributed by atoms with Gasteiger partial charge in [-0.25, -0.2) is 0 Å². The first-order valence-corrected chi connectivity index (χ1v) is 12.4. The first-order valence-electron chi connectivity index (χ1n) is 12.4. The van der Waals surface area contributed by atoms with E-state index in [9.17, 15) is 4.79 Å². The molecule has 2 saturated heterocycles. The van der Waals surface area contributed by atoms with Crippen LogP contribution >= 0.6 is 0 Å². The zero-order valence-corrected chi connectivity index (χ0v) is 20.0. The number of hydrogen-bond donors (Lipinski definition) is 3. The third-order valence-electron chi connectivity index (χ3n) is 7.58. The maximum absolute atomic E-state index is 13.1. The van der Waals surface area contributed by atoms with Crippen molar-refractivity contribution in [2.75, 3.05) is 19.6 Å². The van der Waals surface area contributed by atoms with Crippen LogP contribution in [0.3, 0.4) is 0 Å². The van der Waals surface area contributed by atoms with Crippen LogP contribution in [0.2, 0.25) is 0 Å². The van der Waals surface area contributed by atoms with Gasteiger partial charge in [0.1, 0.15) is 5.84 Å². The Bertz CT molecular complexity index is 749. The fourth-order valence-electron chi connectivity index (χ4n) is 5.93. The molecule has 5 atom stereocenters. The lowest BCUT2D eigenvalue weighted by atomic mass is 9.69. The number of amidine groups is 1. The van der Waals surface area contributed by atoms with E-state index in [1.807, 2.05) is 31.2 Å². The SMILES string of the molecule is C=C/C=C(\C=C/C)CN1CC(C)C(C(=N)NC(=O)C2NC(C3CCCCC3)C2CC=C)C1. The van der Waals surface area contributed by atoms with Crippen LogP contribution in [0.25, 0.3) is 0 Å². The molecule has 3 fully saturated rings. The highest BCUT2D eigenvalue weighted by Gasteiger charge is 2.47. The van der Waals surface area contributed by atoms with E-state index in [1.54, 1.807) is 0 Å². The molecule has 5 heteroatoms. The number of nitrogens with zero attached hydrogens (tertiary/aromatic N) is 1. The Balaban J connectivity index is 1.54. The Morgan fingerprint density at radius 2 is 1.97 bits per heavy atom. The van der Waals surface area contributed by atoms with Crippen LogP contribution in [0.15, 0.2) is 49.1 Å². The van der Waals surface area contributed by atoms with Crippen LogP contribution in [0.1, 0.15) is 52.4 Å². The van der Waals surface area contributed by atoms with Gasteiger partial charge < -0.3 is 10.6 Å². The first-order chi connectivity index (χ1) is 15.5. The quantitative estimate of drug-likeness (QED) is 0.216. The highest BCUT2D eigenvalue weighted by molar-refractivity contribution is 6.00. The van der Waals surface area contributed by atoms with Gasteiger partial charge in [-0.3, -0.25) is 15.1 Å². The zero-order chi connectivity index (χ0) is 23.1. The predicted octanol–water partition coefficient (Wildman–Crippen LogP) is 4.45. The number of hydrogen-bond acceptors (Lipinski definition) is 4. The Hall–Kier alpha value is -1.98. The Labute approximate surface area is 194 Å². The number of carbonyl (C=O) groups excluding carboxylic acids is 1. The van der Waals surface area contributed by atoms with Gasteiger partial charge in [-0.05, 0) is 43.6 Å². The van der Waals surface area contributed by atoms with Gasteiger partial charge in [0.25, 0.3) is 0 Å². The summed E-state index contributed by atoms with van der Waals surface area (Å²) >= 11 is 0. The number of allylic oxidation sites excluding steroid dienone is 4. The maximum Gasteiger partial charge on any atom is 0.242 e. The smallest absolute Gasteiger partial charge is 0.242 e. The molecule has 0 radical (unpaired) electrons. The van der Waals surface area contributed by atoms with Crippen molar-refractivity contribution >= 4 is 11.7 Å². The Morgan fingerprint density at radius 1 is 1.22 bits per heavy atom. The fourth-order valence-corrected chi connectivity index (χ4v) is 5.93. The maximum atomic E-state index is 13.1. The average Bonchev–Trinajstić information content (AvgIpc) is 3.12. The van der Waals surface area contributed by atoms with Crippen molar-refractivity contribution in [2.24, 2.45) is 23.7 Å². The van der Waals surface area contributed by atoms with E-state index in [0.29, 0.717) is 29.6 Å². The van der Waals surface area contributed by atoms with E-state index in [0.717, 1.165) is 26.1 Å². The lowest BCUT2D eigenvalue weighted by Gasteiger charge is -2.49. The minimum Gasteiger partial charge on any atom is -0.313 e. The Kier molecular flexibility index (Phi) is 9.06. The second kappa shape index (κ2) is 11.8. The van der Waals surface area contributed by atoms with E-state index in [2.05, 4.69) is 41.7 Å². The molecule has 0 aromatic carbocycles.